The van der Waals surface area contributed by atoms with Crippen LogP contribution in [0.2, 0.25) is 0 Å². The van der Waals surface area contributed by atoms with E-state index in [1.54, 1.807) is 0 Å². The van der Waals surface area contributed by atoms with Crippen molar-refractivity contribution < 1.29 is 4.74 Å². The van der Waals surface area contributed by atoms with Gasteiger partial charge < -0.3 is 4.74 Å². The van der Waals surface area contributed by atoms with E-state index in [1.807, 2.05) is 51.1 Å². The number of hydrogen-bond donors (Lipinski definition) is 0. The van der Waals surface area contributed by atoms with Crippen molar-refractivity contribution in [2.75, 3.05) is 6.61 Å². The van der Waals surface area contributed by atoms with Crippen molar-refractivity contribution in [1.29, 1.82) is 0 Å². The van der Waals surface area contributed by atoms with Gasteiger partial charge in [-0.15, -0.1) is 0 Å². The van der Waals surface area contributed by atoms with Gasteiger partial charge in [0.15, 0.2) is 0 Å². The molecule has 1 aromatic carbocycles. The molecule has 78 valence electrons. The third kappa shape index (κ3) is 8.93. The van der Waals surface area contributed by atoms with Crippen LogP contribution in [-0.2, 0) is 0 Å². The zero-order valence-electron chi connectivity index (χ0n) is 7.50. The van der Waals surface area contributed by atoms with Crippen LogP contribution in [0.4, 0.5) is 0 Å². The van der Waals surface area contributed by atoms with Crippen LogP contribution in [0.5, 0.6) is 5.75 Å². The van der Waals surface area contributed by atoms with Crippen LogP contribution in [0, 0.1) is 0 Å². The minimum Gasteiger partial charge on any atom is -0.494 e. The second-order valence-corrected chi connectivity index (χ2v) is 1.75. The van der Waals surface area contributed by atoms with Crippen LogP contribution in [-0.4, -0.2) is 6.61 Å². The molecule has 1 heteroatoms. The molecule has 1 rings (SSSR count). The summed E-state index contributed by atoms with van der Waals surface area (Å²) in [6, 6.07) is 9.80. The van der Waals surface area contributed by atoms with E-state index in [2.05, 4.69) is 0 Å². The minimum absolute atomic E-state index is 0. The molecular formula is C12H24O. The molecule has 0 saturated heterocycles. The van der Waals surface area contributed by atoms with Crippen LogP contribution in [0.1, 0.15) is 35.6 Å². The Balaban J connectivity index is -0.000000234. The molecule has 0 atom stereocenters. The number of benzene rings is 1. The molecule has 0 aromatic heterocycles. The fourth-order valence-electron chi connectivity index (χ4n) is 0.683. The van der Waals surface area contributed by atoms with Gasteiger partial charge >= 0.3 is 0 Å². The Bertz CT molecular complexity index is 158. The van der Waals surface area contributed by atoms with Crippen molar-refractivity contribution in [3.63, 3.8) is 0 Å². The SMILES string of the molecule is C.C.CC.CCOc1ccccc1. The highest BCUT2D eigenvalue weighted by atomic mass is 16.5. The van der Waals surface area contributed by atoms with Gasteiger partial charge in [0.2, 0.25) is 0 Å². The molecule has 0 radical (unpaired) electrons. The molecular weight excluding hydrogens is 160 g/mol. The summed E-state index contributed by atoms with van der Waals surface area (Å²) in [5.74, 6) is 0.944. The van der Waals surface area contributed by atoms with Gasteiger partial charge in [-0.2, -0.15) is 0 Å². The zero-order valence-corrected chi connectivity index (χ0v) is 7.50. The fourth-order valence-corrected chi connectivity index (χ4v) is 0.683. The highest BCUT2D eigenvalue weighted by Gasteiger charge is 1.83. The van der Waals surface area contributed by atoms with Gasteiger partial charge in [-0.25, -0.2) is 0 Å². The maximum absolute atomic E-state index is 5.21. The van der Waals surface area contributed by atoms with Gasteiger partial charge in [0.1, 0.15) is 5.75 Å². The monoisotopic (exact) mass is 184 g/mol. The molecule has 0 N–H and O–H groups in total. The van der Waals surface area contributed by atoms with Crippen LogP contribution in [0.15, 0.2) is 30.3 Å². The first-order valence-corrected chi connectivity index (χ1v) is 4.11. The third-order valence-electron chi connectivity index (χ3n) is 1.05. The smallest absolute Gasteiger partial charge is 0.119 e. The number of ether oxygens (including phenoxy) is 1. The lowest BCUT2D eigenvalue weighted by atomic mass is 10.3. The Hall–Kier alpha value is -0.980. The van der Waals surface area contributed by atoms with Crippen molar-refractivity contribution in [3.05, 3.63) is 30.3 Å². The molecule has 0 fully saturated rings. The highest BCUT2D eigenvalue weighted by Crippen LogP contribution is 2.06. The second-order valence-electron chi connectivity index (χ2n) is 1.75. The molecule has 0 aliphatic rings. The summed E-state index contributed by atoms with van der Waals surface area (Å²) in [5.41, 5.74) is 0. The maximum atomic E-state index is 5.21. The Labute approximate surface area is 83.8 Å². The first-order chi connectivity index (χ1) is 5.43. The lowest BCUT2D eigenvalue weighted by Gasteiger charge is -1.99. The predicted octanol–water partition coefficient (Wildman–Crippen LogP) is 4.38. The topological polar surface area (TPSA) is 9.23 Å². The van der Waals surface area contributed by atoms with Gasteiger partial charge in [-0.3, -0.25) is 0 Å². The van der Waals surface area contributed by atoms with E-state index in [0.29, 0.717) is 0 Å². The van der Waals surface area contributed by atoms with E-state index < -0.39 is 0 Å². The quantitative estimate of drug-likeness (QED) is 0.662. The van der Waals surface area contributed by atoms with Crippen molar-refractivity contribution in [2.24, 2.45) is 0 Å². The van der Waals surface area contributed by atoms with E-state index in [1.165, 1.54) is 0 Å². The Morgan fingerprint density at radius 1 is 1.00 bits per heavy atom. The fraction of sp³-hybridized carbons (Fsp3) is 0.500. The summed E-state index contributed by atoms with van der Waals surface area (Å²) in [5, 5.41) is 0. The average Bonchev–Trinajstić information content (AvgIpc) is 2.11. The van der Waals surface area contributed by atoms with Gasteiger partial charge in [-0.05, 0) is 19.1 Å². The van der Waals surface area contributed by atoms with Crippen LogP contribution >= 0.6 is 0 Å². The highest BCUT2D eigenvalue weighted by molar-refractivity contribution is 5.20. The molecule has 0 unspecified atom stereocenters. The number of hydrogen-bond acceptors (Lipinski definition) is 1. The van der Waals surface area contributed by atoms with Crippen LogP contribution in [0.25, 0.3) is 0 Å². The van der Waals surface area contributed by atoms with Crippen LogP contribution < -0.4 is 4.74 Å². The summed E-state index contributed by atoms with van der Waals surface area (Å²) in [7, 11) is 0. The van der Waals surface area contributed by atoms with E-state index in [0.717, 1.165) is 12.4 Å². The average molecular weight is 184 g/mol. The van der Waals surface area contributed by atoms with Gasteiger partial charge in [0, 0.05) is 0 Å². The molecule has 1 nitrogen and oxygen atoms in total. The van der Waals surface area contributed by atoms with E-state index in [-0.39, 0.29) is 14.9 Å². The molecule has 0 bridgehead atoms. The zero-order chi connectivity index (χ0) is 8.53. The first-order valence-electron chi connectivity index (χ1n) is 4.11. The van der Waals surface area contributed by atoms with Gasteiger partial charge in [0.05, 0.1) is 6.61 Å². The molecule has 0 aliphatic carbocycles. The molecule has 1 aromatic rings. The van der Waals surface area contributed by atoms with Crippen LogP contribution in [0.3, 0.4) is 0 Å². The van der Waals surface area contributed by atoms with E-state index >= 15 is 0 Å². The van der Waals surface area contributed by atoms with Crippen molar-refractivity contribution in [3.8, 4) is 5.75 Å². The Morgan fingerprint density at radius 2 is 1.46 bits per heavy atom. The molecule has 13 heavy (non-hydrogen) atoms. The number of rotatable bonds is 2. The van der Waals surface area contributed by atoms with Crippen molar-refractivity contribution in [2.45, 2.75) is 35.6 Å². The maximum Gasteiger partial charge on any atom is 0.119 e. The summed E-state index contributed by atoms with van der Waals surface area (Å²) in [6.45, 7) is 6.72. The normalized spacial score (nSPS) is 6.69. The first kappa shape index (κ1) is 17.9. The molecule has 0 spiro atoms. The summed E-state index contributed by atoms with van der Waals surface area (Å²) in [6.07, 6.45) is 0. The standard InChI is InChI=1S/C8H10O.C2H6.2CH4/c1-2-9-8-6-4-3-5-7-8;1-2;;/h3-7H,2H2,1H3;1-2H3;2*1H4. The molecule has 0 amide bonds. The lowest BCUT2D eigenvalue weighted by Crippen LogP contribution is -1.89. The van der Waals surface area contributed by atoms with Gasteiger partial charge in [-0.1, -0.05) is 46.9 Å². The predicted molar refractivity (Wildman–Crippen MR) is 62.4 cm³/mol. The van der Waals surface area contributed by atoms with E-state index in [4.69, 9.17) is 4.74 Å². The molecule has 0 heterocycles. The minimum atomic E-state index is 0. The Kier molecular flexibility index (Phi) is 18.8. The molecule has 0 saturated carbocycles. The Morgan fingerprint density at radius 3 is 1.85 bits per heavy atom. The molecule has 0 aliphatic heterocycles. The summed E-state index contributed by atoms with van der Waals surface area (Å²) in [4.78, 5) is 0. The van der Waals surface area contributed by atoms with Crippen molar-refractivity contribution in [1.82, 2.24) is 0 Å². The lowest BCUT2D eigenvalue weighted by molar-refractivity contribution is 0.340. The van der Waals surface area contributed by atoms with Crippen molar-refractivity contribution >= 4 is 0 Å². The summed E-state index contributed by atoms with van der Waals surface area (Å²) >= 11 is 0. The summed E-state index contributed by atoms with van der Waals surface area (Å²) < 4.78 is 5.21. The van der Waals surface area contributed by atoms with Gasteiger partial charge in [0.25, 0.3) is 0 Å². The van der Waals surface area contributed by atoms with E-state index in [9.17, 15) is 0 Å². The second kappa shape index (κ2) is 13.6. The largest absolute Gasteiger partial charge is 0.494 e. The third-order valence-corrected chi connectivity index (χ3v) is 1.05. The number of para-hydroxylation sites is 1.